The summed E-state index contributed by atoms with van der Waals surface area (Å²) >= 11 is 6.44. The third-order valence-electron chi connectivity index (χ3n) is 6.33. The van der Waals surface area contributed by atoms with Crippen LogP contribution in [0.1, 0.15) is 36.5 Å². The number of methoxy groups -OCH3 is 3. The van der Waals surface area contributed by atoms with E-state index in [2.05, 4.69) is 23.7 Å². The molecule has 1 heterocycles. The summed E-state index contributed by atoms with van der Waals surface area (Å²) in [5.41, 5.74) is 3.39. The van der Waals surface area contributed by atoms with Gasteiger partial charge in [-0.2, -0.15) is 9.78 Å². The van der Waals surface area contributed by atoms with Crippen molar-refractivity contribution >= 4 is 34.7 Å². The number of carbonyl (C=O) groups is 1. The Labute approximate surface area is 236 Å². The Kier molecular flexibility index (Phi) is 8.74. The number of hydrogen-bond acceptors (Lipinski definition) is 8. The van der Waals surface area contributed by atoms with Gasteiger partial charge in [-0.1, -0.05) is 37.6 Å². The summed E-state index contributed by atoms with van der Waals surface area (Å²) in [7, 11) is 4.35. The van der Waals surface area contributed by atoms with Gasteiger partial charge in [0.1, 0.15) is 5.75 Å². The SMILES string of the molecule is COC(=O)COc1c(Cl)cc(C=Nn2c(-c3cc(C(C)C)c(OC)cc3C)nc3ccccc3c2=O)cc1OC. The molecule has 0 atom stereocenters. The molecule has 10 heteroatoms. The van der Waals surface area contributed by atoms with Crippen LogP contribution in [0.2, 0.25) is 5.02 Å². The topological polar surface area (TPSA) is 101 Å². The molecule has 4 aromatic rings. The smallest absolute Gasteiger partial charge is 0.343 e. The van der Waals surface area contributed by atoms with Crippen molar-refractivity contribution in [2.45, 2.75) is 26.7 Å². The number of halogens is 1. The fourth-order valence-corrected chi connectivity index (χ4v) is 4.51. The molecule has 3 aromatic carbocycles. The first kappa shape index (κ1) is 28.6. The first-order chi connectivity index (χ1) is 19.2. The third-order valence-corrected chi connectivity index (χ3v) is 6.61. The Morgan fingerprint density at radius 3 is 2.48 bits per heavy atom. The summed E-state index contributed by atoms with van der Waals surface area (Å²) in [6.07, 6.45) is 1.49. The summed E-state index contributed by atoms with van der Waals surface area (Å²) in [6, 6.07) is 14.3. The second-order valence-electron chi connectivity index (χ2n) is 9.28. The van der Waals surface area contributed by atoms with Gasteiger partial charge in [0.25, 0.3) is 5.56 Å². The Hall–Kier alpha value is -4.37. The Balaban J connectivity index is 1.87. The van der Waals surface area contributed by atoms with Crippen molar-refractivity contribution in [3.63, 3.8) is 0 Å². The van der Waals surface area contributed by atoms with E-state index in [1.54, 1.807) is 37.4 Å². The molecule has 0 aliphatic carbocycles. The summed E-state index contributed by atoms with van der Waals surface area (Å²) in [4.78, 5) is 30.0. The normalized spacial score (nSPS) is 11.3. The lowest BCUT2D eigenvalue weighted by atomic mass is 9.96. The van der Waals surface area contributed by atoms with Crippen LogP contribution in [0.15, 0.2) is 58.4 Å². The second kappa shape index (κ2) is 12.2. The predicted octanol–water partition coefficient (Wildman–Crippen LogP) is 5.60. The number of fused-ring (bicyclic) bond motifs is 1. The molecule has 0 spiro atoms. The molecule has 0 N–H and O–H groups in total. The summed E-state index contributed by atoms with van der Waals surface area (Å²) in [5, 5.41) is 5.18. The van der Waals surface area contributed by atoms with Gasteiger partial charge < -0.3 is 18.9 Å². The highest BCUT2D eigenvalue weighted by Gasteiger charge is 2.19. The molecule has 0 radical (unpaired) electrons. The van der Waals surface area contributed by atoms with Crippen LogP contribution >= 0.6 is 11.6 Å². The van der Waals surface area contributed by atoms with Gasteiger partial charge in [0.2, 0.25) is 0 Å². The van der Waals surface area contributed by atoms with Crippen molar-refractivity contribution in [1.82, 2.24) is 9.66 Å². The number of hydrogen-bond donors (Lipinski definition) is 0. The van der Waals surface area contributed by atoms with Crippen molar-refractivity contribution in [3.05, 3.63) is 80.6 Å². The molecular formula is C30H30ClN3O6. The minimum Gasteiger partial charge on any atom is -0.496 e. The molecule has 4 rings (SSSR count). The van der Waals surface area contributed by atoms with Crippen LogP contribution in [0.5, 0.6) is 17.2 Å². The van der Waals surface area contributed by atoms with Crippen molar-refractivity contribution in [2.24, 2.45) is 5.10 Å². The molecule has 0 fully saturated rings. The average molecular weight is 564 g/mol. The van der Waals surface area contributed by atoms with E-state index in [1.807, 2.05) is 25.1 Å². The van der Waals surface area contributed by atoms with Crippen molar-refractivity contribution in [3.8, 4) is 28.6 Å². The fourth-order valence-electron chi connectivity index (χ4n) is 4.24. The Morgan fingerprint density at radius 2 is 1.80 bits per heavy atom. The van der Waals surface area contributed by atoms with Crippen LogP contribution < -0.4 is 19.8 Å². The summed E-state index contributed by atoms with van der Waals surface area (Å²) in [5.74, 6) is 1.24. The van der Waals surface area contributed by atoms with Gasteiger partial charge in [-0.15, -0.1) is 0 Å². The standard InChI is InChI=1S/C30H30ClN3O6/c1-17(2)21-14-22(18(3)11-25(21)37-4)29-33-24-10-8-7-9-20(24)30(36)34(29)32-15-19-12-23(31)28(26(13-19)38-5)40-16-27(35)39-6/h7-15,17H,16H2,1-6H3. The highest BCUT2D eigenvalue weighted by molar-refractivity contribution is 6.32. The lowest BCUT2D eigenvalue weighted by Crippen LogP contribution is -2.21. The number of benzene rings is 3. The zero-order chi connectivity index (χ0) is 29.0. The first-order valence-electron chi connectivity index (χ1n) is 12.5. The van der Waals surface area contributed by atoms with Crippen LogP contribution in [0, 0.1) is 6.92 Å². The van der Waals surface area contributed by atoms with Crippen LogP contribution in [-0.2, 0) is 9.53 Å². The molecule has 208 valence electrons. The molecule has 1 aromatic heterocycles. The van der Waals surface area contributed by atoms with Crippen molar-refractivity contribution < 1.29 is 23.7 Å². The highest BCUT2D eigenvalue weighted by atomic mass is 35.5. The van der Waals surface area contributed by atoms with Crippen LogP contribution in [0.25, 0.3) is 22.3 Å². The molecule has 0 amide bonds. The van der Waals surface area contributed by atoms with Crippen LogP contribution in [0.4, 0.5) is 0 Å². The largest absolute Gasteiger partial charge is 0.496 e. The fraction of sp³-hybridized carbons (Fsp3) is 0.267. The average Bonchev–Trinajstić information content (AvgIpc) is 2.95. The second-order valence-corrected chi connectivity index (χ2v) is 9.68. The maximum Gasteiger partial charge on any atom is 0.343 e. The summed E-state index contributed by atoms with van der Waals surface area (Å²) in [6.45, 7) is 5.76. The highest BCUT2D eigenvalue weighted by Crippen LogP contribution is 2.37. The zero-order valence-electron chi connectivity index (χ0n) is 23.1. The number of carbonyl (C=O) groups excluding carboxylic acids is 1. The third kappa shape index (κ3) is 5.79. The zero-order valence-corrected chi connectivity index (χ0v) is 23.9. The minimum atomic E-state index is -0.561. The maximum absolute atomic E-state index is 13.7. The number of ether oxygens (including phenoxy) is 4. The molecule has 0 bridgehead atoms. The van der Waals surface area contributed by atoms with E-state index in [0.29, 0.717) is 22.3 Å². The number of esters is 1. The van der Waals surface area contributed by atoms with E-state index in [1.165, 1.54) is 25.1 Å². The molecule has 40 heavy (non-hydrogen) atoms. The molecule has 0 unspecified atom stereocenters. The van der Waals surface area contributed by atoms with E-state index in [-0.39, 0.29) is 34.6 Å². The quantitative estimate of drug-likeness (QED) is 0.193. The van der Waals surface area contributed by atoms with Gasteiger partial charge >= 0.3 is 5.97 Å². The number of para-hydroxylation sites is 1. The lowest BCUT2D eigenvalue weighted by Gasteiger charge is -2.17. The Bertz CT molecular complexity index is 1660. The van der Waals surface area contributed by atoms with Gasteiger partial charge in [0.05, 0.1) is 43.5 Å². The van der Waals surface area contributed by atoms with Crippen molar-refractivity contribution in [1.29, 1.82) is 0 Å². The Morgan fingerprint density at radius 1 is 1.07 bits per heavy atom. The van der Waals surface area contributed by atoms with Gasteiger partial charge in [-0.3, -0.25) is 4.79 Å². The number of aryl methyl sites for hydroxylation is 1. The van der Waals surface area contributed by atoms with Gasteiger partial charge in [-0.25, -0.2) is 9.78 Å². The molecule has 0 aliphatic heterocycles. The van der Waals surface area contributed by atoms with Crippen molar-refractivity contribution in [2.75, 3.05) is 27.9 Å². The van der Waals surface area contributed by atoms with E-state index in [4.69, 9.17) is 30.8 Å². The molecule has 0 aliphatic rings. The predicted molar refractivity (Wildman–Crippen MR) is 155 cm³/mol. The van der Waals surface area contributed by atoms with Gasteiger partial charge in [0.15, 0.2) is 23.9 Å². The lowest BCUT2D eigenvalue weighted by molar-refractivity contribution is -0.142. The van der Waals surface area contributed by atoms with E-state index >= 15 is 0 Å². The molecule has 0 saturated carbocycles. The monoisotopic (exact) mass is 563 g/mol. The van der Waals surface area contributed by atoms with E-state index < -0.39 is 5.97 Å². The summed E-state index contributed by atoms with van der Waals surface area (Å²) < 4.78 is 22.4. The molecular weight excluding hydrogens is 534 g/mol. The van der Waals surface area contributed by atoms with E-state index in [9.17, 15) is 9.59 Å². The van der Waals surface area contributed by atoms with E-state index in [0.717, 1.165) is 22.4 Å². The van der Waals surface area contributed by atoms with Gasteiger partial charge in [0, 0.05) is 5.56 Å². The minimum absolute atomic E-state index is 0.174. The number of nitrogens with zero attached hydrogens (tertiary/aromatic N) is 3. The number of rotatable bonds is 9. The molecule has 9 nitrogen and oxygen atoms in total. The number of aromatic nitrogens is 2. The first-order valence-corrected chi connectivity index (χ1v) is 12.9. The van der Waals surface area contributed by atoms with Gasteiger partial charge in [-0.05, 0) is 65.9 Å². The maximum atomic E-state index is 13.7. The molecule has 0 saturated heterocycles. The van der Waals surface area contributed by atoms with Crippen LogP contribution in [-0.4, -0.2) is 49.8 Å². The van der Waals surface area contributed by atoms with Crippen LogP contribution in [0.3, 0.4) is 0 Å².